The molecule has 0 bridgehead atoms. The number of hydrogen-bond donors (Lipinski definition) is 0. The van der Waals surface area contributed by atoms with Gasteiger partial charge in [0.2, 0.25) is 9.05 Å². The van der Waals surface area contributed by atoms with E-state index in [0.29, 0.717) is 0 Å². The van der Waals surface area contributed by atoms with Crippen molar-refractivity contribution in [2.75, 3.05) is 11.5 Å². The zero-order valence-corrected chi connectivity index (χ0v) is 10.8. The van der Waals surface area contributed by atoms with Crippen molar-refractivity contribution in [2.24, 2.45) is 0 Å². The topological polar surface area (TPSA) is 68.3 Å². The Hall–Kier alpha value is 0.190. The summed E-state index contributed by atoms with van der Waals surface area (Å²) >= 11 is 0. The lowest BCUT2D eigenvalue weighted by molar-refractivity contribution is 0.558. The predicted molar refractivity (Wildman–Crippen MR) is 57.8 cm³/mol. The fourth-order valence-electron chi connectivity index (χ4n) is 0.728. The van der Waals surface area contributed by atoms with E-state index in [0.717, 1.165) is 0 Å². The molecule has 0 rings (SSSR count). The first-order valence-electron chi connectivity index (χ1n) is 4.10. The zero-order valence-electron chi connectivity index (χ0n) is 8.45. The first-order valence-corrected chi connectivity index (χ1v) is 8.23. The Morgan fingerprint density at radius 2 is 1.43 bits per heavy atom. The van der Waals surface area contributed by atoms with Gasteiger partial charge in [-0.2, -0.15) is 0 Å². The molecule has 7 heteroatoms. The van der Waals surface area contributed by atoms with E-state index in [1.807, 2.05) is 0 Å². The number of halogens is 1. The van der Waals surface area contributed by atoms with Crippen LogP contribution in [-0.2, 0) is 18.9 Å². The van der Waals surface area contributed by atoms with Gasteiger partial charge in [-0.05, 0) is 27.2 Å². The van der Waals surface area contributed by atoms with Gasteiger partial charge in [-0.25, -0.2) is 16.8 Å². The maximum Gasteiger partial charge on any atom is 0.232 e. The summed E-state index contributed by atoms with van der Waals surface area (Å²) in [5.74, 6) is -0.452. The molecule has 0 unspecified atom stereocenters. The molecule has 14 heavy (non-hydrogen) atoms. The van der Waals surface area contributed by atoms with E-state index in [1.54, 1.807) is 20.8 Å². The molecule has 0 aliphatic rings. The highest BCUT2D eigenvalue weighted by Crippen LogP contribution is 2.17. The zero-order chi connectivity index (χ0) is 11.6. The van der Waals surface area contributed by atoms with Crippen LogP contribution >= 0.6 is 10.7 Å². The minimum atomic E-state index is -3.58. The van der Waals surface area contributed by atoms with Crippen molar-refractivity contribution in [2.45, 2.75) is 31.9 Å². The van der Waals surface area contributed by atoms with Crippen LogP contribution in [0, 0.1) is 0 Å². The molecule has 0 amide bonds. The molecule has 4 nitrogen and oxygen atoms in total. The molecule has 0 saturated carbocycles. The van der Waals surface area contributed by atoms with Crippen molar-refractivity contribution in [3.8, 4) is 0 Å². The second-order valence-electron chi connectivity index (χ2n) is 4.03. The normalized spacial score (nSPS) is 14.3. The van der Waals surface area contributed by atoms with Gasteiger partial charge < -0.3 is 0 Å². The van der Waals surface area contributed by atoms with E-state index in [9.17, 15) is 16.8 Å². The number of hydrogen-bond acceptors (Lipinski definition) is 4. The lowest BCUT2D eigenvalue weighted by atomic mass is 10.3. The molecule has 0 spiro atoms. The van der Waals surface area contributed by atoms with Gasteiger partial charge in [0.05, 0.1) is 16.3 Å². The number of rotatable bonds is 4. The predicted octanol–water partition coefficient (Wildman–Crippen LogP) is 1.16. The Kier molecular flexibility index (Phi) is 4.42. The van der Waals surface area contributed by atoms with E-state index in [2.05, 4.69) is 0 Å². The molecule has 0 radical (unpaired) electrons. The molecule has 0 aromatic heterocycles. The highest BCUT2D eigenvalue weighted by Gasteiger charge is 2.28. The van der Waals surface area contributed by atoms with Gasteiger partial charge in [-0.1, -0.05) is 0 Å². The van der Waals surface area contributed by atoms with E-state index in [4.69, 9.17) is 10.7 Å². The van der Waals surface area contributed by atoms with E-state index >= 15 is 0 Å². The van der Waals surface area contributed by atoms with Crippen molar-refractivity contribution >= 4 is 29.6 Å². The van der Waals surface area contributed by atoms with Crippen LogP contribution in [0.2, 0.25) is 0 Å². The molecule has 0 saturated heterocycles. The molecule has 0 heterocycles. The summed E-state index contributed by atoms with van der Waals surface area (Å²) in [6.07, 6.45) is 0.0471. The van der Waals surface area contributed by atoms with Crippen molar-refractivity contribution in [3.05, 3.63) is 0 Å². The van der Waals surface area contributed by atoms with E-state index in [-0.39, 0.29) is 17.9 Å². The van der Waals surface area contributed by atoms with Crippen molar-refractivity contribution in [3.63, 3.8) is 0 Å². The smallest absolute Gasteiger partial charge is 0.228 e. The lowest BCUT2D eigenvalue weighted by Crippen LogP contribution is -2.30. The lowest BCUT2D eigenvalue weighted by Gasteiger charge is -2.18. The minimum absolute atomic E-state index is 0.0471. The molecule has 86 valence electrons. The maximum atomic E-state index is 11.5. The van der Waals surface area contributed by atoms with E-state index in [1.165, 1.54) is 0 Å². The first kappa shape index (κ1) is 14.2. The minimum Gasteiger partial charge on any atom is -0.228 e. The van der Waals surface area contributed by atoms with Gasteiger partial charge in [0, 0.05) is 10.7 Å². The number of sulfone groups is 1. The van der Waals surface area contributed by atoms with Crippen LogP contribution in [0.3, 0.4) is 0 Å². The van der Waals surface area contributed by atoms with Gasteiger partial charge in [-0.3, -0.25) is 0 Å². The van der Waals surface area contributed by atoms with Crippen LogP contribution in [0.15, 0.2) is 0 Å². The first-order chi connectivity index (χ1) is 5.96. The summed E-state index contributed by atoms with van der Waals surface area (Å²) in [4.78, 5) is 0. The van der Waals surface area contributed by atoms with Gasteiger partial charge in [0.25, 0.3) is 0 Å². The quantitative estimate of drug-likeness (QED) is 0.713. The van der Waals surface area contributed by atoms with Crippen LogP contribution in [0.1, 0.15) is 27.2 Å². The Balaban J connectivity index is 4.31. The van der Waals surface area contributed by atoms with E-state index < -0.39 is 23.6 Å². The third-order valence-corrected chi connectivity index (χ3v) is 5.67. The maximum absolute atomic E-state index is 11.5. The fourth-order valence-corrected chi connectivity index (χ4v) is 2.86. The highest BCUT2D eigenvalue weighted by molar-refractivity contribution is 8.13. The van der Waals surface area contributed by atoms with Gasteiger partial charge in [0.15, 0.2) is 9.84 Å². The molecular weight excluding hydrogens is 248 g/mol. The molecule has 0 atom stereocenters. The summed E-state index contributed by atoms with van der Waals surface area (Å²) in [6.45, 7) is 4.74. The largest absolute Gasteiger partial charge is 0.232 e. The monoisotopic (exact) mass is 262 g/mol. The summed E-state index contributed by atoms with van der Waals surface area (Å²) in [6, 6.07) is 0. The SMILES string of the molecule is CC(C)(C)S(=O)(=O)CCCS(=O)(=O)Cl. The van der Waals surface area contributed by atoms with Crippen LogP contribution in [0.25, 0.3) is 0 Å². The van der Waals surface area contributed by atoms with Crippen LogP contribution in [-0.4, -0.2) is 33.1 Å². The Bertz CT molecular complexity index is 374. The van der Waals surface area contributed by atoms with Crippen molar-refractivity contribution < 1.29 is 16.8 Å². The molecule has 0 aromatic rings. The molecule has 0 fully saturated rings. The Morgan fingerprint density at radius 1 is 1.00 bits per heavy atom. The summed E-state index contributed by atoms with van der Waals surface area (Å²) in [7, 11) is -1.87. The van der Waals surface area contributed by atoms with Crippen molar-refractivity contribution in [1.29, 1.82) is 0 Å². The Labute approximate surface area is 90.0 Å². The Morgan fingerprint density at radius 3 is 1.71 bits per heavy atom. The second kappa shape index (κ2) is 4.37. The van der Waals surface area contributed by atoms with Crippen molar-refractivity contribution in [1.82, 2.24) is 0 Å². The van der Waals surface area contributed by atoms with Crippen LogP contribution in [0.5, 0.6) is 0 Å². The van der Waals surface area contributed by atoms with Gasteiger partial charge in [0.1, 0.15) is 0 Å². The van der Waals surface area contributed by atoms with Gasteiger partial charge >= 0.3 is 0 Å². The highest BCUT2D eigenvalue weighted by atomic mass is 35.7. The molecule has 0 aliphatic carbocycles. The third kappa shape index (κ3) is 5.17. The van der Waals surface area contributed by atoms with Crippen LogP contribution in [0.4, 0.5) is 0 Å². The molecular formula is C7H15ClO4S2. The fraction of sp³-hybridized carbons (Fsp3) is 1.00. The average Bonchev–Trinajstić information content (AvgIpc) is 1.80. The van der Waals surface area contributed by atoms with Gasteiger partial charge in [-0.15, -0.1) is 0 Å². The third-order valence-electron chi connectivity index (χ3n) is 1.73. The molecule has 0 aromatic carbocycles. The van der Waals surface area contributed by atoms with Crippen LogP contribution < -0.4 is 0 Å². The standard InChI is InChI=1S/C7H15ClO4S2/c1-7(2,3)13(9,10)5-4-6-14(8,11)12/h4-6H2,1-3H3. The summed E-state index contributed by atoms with van der Waals surface area (Å²) in [5.41, 5.74) is 0. The average molecular weight is 263 g/mol. The molecule has 0 aliphatic heterocycles. The second-order valence-corrected chi connectivity index (χ2v) is 9.79. The summed E-state index contributed by atoms with van der Waals surface area (Å²) in [5, 5.41) is 0. The summed E-state index contributed by atoms with van der Waals surface area (Å²) < 4.78 is 43.2. The molecule has 0 N–H and O–H groups in total.